The lowest BCUT2D eigenvalue weighted by Crippen LogP contribution is -2.50. The first-order chi connectivity index (χ1) is 13.1. The molecule has 0 radical (unpaired) electrons. The van der Waals surface area contributed by atoms with E-state index in [1.165, 1.54) is 24.8 Å². The van der Waals surface area contributed by atoms with Gasteiger partial charge in [0.1, 0.15) is 0 Å². The zero-order valence-corrected chi connectivity index (χ0v) is 17.1. The highest BCUT2D eigenvalue weighted by molar-refractivity contribution is 8.01. The number of benzene rings is 1. The average Bonchev–Trinajstić information content (AvgIpc) is 3.46. The number of amides is 1. The Morgan fingerprint density at radius 2 is 2.00 bits per heavy atom. The first kappa shape index (κ1) is 19.9. The molecule has 148 valence electrons. The maximum absolute atomic E-state index is 11.6. The van der Waals surface area contributed by atoms with E-state index in [-0.39, 0.29) is 10.8 Å². The number of rotatable bonds is 6. The summed E-state index contributed by atoms with van der Waals surface area (Å²) in [6.45, 7) is 5.19. The van der Waals surface area contributed by atoms with Gasteiger partial charge in [-0.2, -0.15) is 0 Å². The molecular formula is C20H30N4O2S. The summed E-state index contributed by atoms with van der Waals surface area (Å²) in [5, 5.41) is 6.91. The second-order valence-electron chi connectivity index (χ2n) is 7.17. The van der Waals surface area contributed by atoms with Crippen molar-refractivity contribution in [3.63, 3.8) is 0 Å². The van der Waals surface area contributed by atoms with Gasteiger partial charge in [-0.05, 0) is 44.7 Å². The Balaban J connectivity index is 1.52. The first-order valence-corrected chi connectivity index (χ1v) is 10.6. The number of carbonyl (C=O) groups excluding carboxylic acids is 1. The molecule has 2 aliphatic rings. The number of thioether (sulfide) groups is 1. The number of guanidine groups is 1. The predicted molar refractivity (Wildman–Crippen MR) is 110 cm³/mol. The number of ether oxygens (including phenoxy) is 1. The number of carbonyl (C=O) groups is 1. The maximum atomic E-state index is 11.6. The third kappa shape index (κ3) is 5.79. The van der Waals surface area contributed by atoms with Gasteiger partial charge in [-0.25, -0.2) is 4.79 Å². The van der Waals surface area contributed by atoms with E-state index < -0.39 is 0 Å². The molecular weight excluding hydrogens is 360 g/mol. The molecule has 3 rings (SSSR count). The molecule has 0 aromatic heterocycles. The summed E-state index contributed by atoms with van der Waals surface area (Å²) >= 11 is 1.95. The van der Waals surface area contributed by atoms with E-state index in [9.17, 15) is 4.79 Å². The highest BCUT2D eigenvalue weighted by Gasteiger charge is 2.43. The lowest BCUT2D eigenvalue weighted by atomic mass is 10.1. The Bertz CT molecular complexity index is 641. The molecule has 1 aliphatic heterocycles. The third-order valence-electron chi connectivity index (χ3n) is 5.02. The summed E-state index contributed by atoms with van der Waals surface area (Å²) in [5.41, 5.74) is 0. The largest absolute Gasteiger partial charge is 0.453 e. The van der Waals surface area contributed by atoms with Gasteiger partial charge in [0.25, 0.3) is 0 Å². The van der Waals surface area contributed by atoms with E-state index >= 15 is 0 Å². The van der Waals surface area contributed by atoms with Crippen LogP contribution in [0.15, 0.2) is 40.2 Å². The molecule has 7 heteroatoms. The van der Waals surface area contributed by atoms with Gasteiger partial charge in [0, 0.05) is 35.3 Å². The number of aliphatic imine (C=N–C) groups is 1. The first-order valence-electron chi connectivity index (χ1n) is 9.76. The van der Waals surface area contributed by atoms with Crippen molar-refractivity contribution in [2.45, 2.75) is 48.3 Å². The SMILES string of the molecule is CCNC(=NCC1(Sc2ccccc2)CC1)NC1CCN(C(=O)OC)CC1. The normalized spacial score (nSPS) is 19.5. The van der Waals surface area contributed by atoms with Crippen molar-refractivity contribution in [2.24, 2.45) is 4.99 Å². The van der Waals surface area contributed by atoms with Crippen LogP contribution in [0.5, 0.6) is 0 Å². The van der Waals surface area contributed by atoms with Crippen LogP contribution in [0.1, 0.15) is 32.6 Å². The zero-order valence-electron chi connectivity index (χ0n) is 16.2. The van der Waals surface area contributed by atoms with E-state index in [1.807, 2.05) is 11.8 Å². The minimum Gasteiger partial charge on any atom is -0.453 e. The molecule has 1 aromatic carbocycles. The smallest absolute Gasteiger partial charge is 0.409 e. The lowest BCUT2D eigenvalue weighted by molar-refractivity contribution is 0.111. The molecule has 2 fully saturated rings. The van der Waals surface area contributed by atoms with Crippen LogP contribution in [-0.4, -0.2) is 61.0 Å². The van der Waals surface area contributed by atoms with Crippen molar-refractivity contribution in [3.05, 3.63) is 30.3 Å². The number of likely N-dealkylation sites (tertiary alicyclic amines) is 1. The fourth-order valence-corrected chi connectivity index (χ4v) is 4.47. The van der Waals surface area contributed by atoms with Gasteiger partial charge in [0.2, 0.25) is 0 Å². The van der Waals surface area contributed by atoms with E-state index in [4.69, 9.17) is 9.73 Å². The molecule has 27 heavy (non-hydrogen) atoms. The average molecular weight is 391 g/mol. The second-order valence-corrected chi connectivity index (χ2v) is 8.71. The van der Waals surface area contributed by atoms with Crippen LogP contribution in [0, 0.1) is 0 Å². The van der Waals surface area contributed by atoms with E-state index in [0.29, 0.717) is 6.04 Å². The Labute approximate surface area is 166 Å². The van der Waals surface area contributed by atoms with Crippen molar-refractivity contribution >= 4 is 23.8 Å². The standard InChI is InChI=1S/C20H30N4O2S/c1-3-21-18(23-16-9-13-24(14-10-16)19(25)26-2)22-15-20(11-12-20)27-17-7-5-4-6-8-17/h4-8,16H,3,9-15H2,1-2H3,(H2,21,22,23). The van der Waals surface area contributed by atoms with Crippen LogP contribution in [0.2, 0.25) is 0 Å². The zero-order chi connectivity index (χ0) is 19.1. The minimum absolute atomic E-state index is 0.234. The highest BCUT2D eigenvalue weighted by atomic mass is 32.2. The quantitative estimate of drug-likeness (QED) is 0.577. The van der Waals surface area contributed by atoms with E-state index in [1.54, 1.807) is 4.90 Å². The van der Waals surface area contributed by atoms with Crippen molar-refractivity contribution in [1.82, 2.24) is 15.5 Å². The number of methoxy groups -OCH3 is 1. The molecule has 1 saturated carbocycles. The van der Waals surface area contributed by atoms with Gasteiger partial charge in [0.15, 0.2) is 5.96 Å². The molecule has 1 amide bonds. The molecule has 0 atom stereocenters. The lowest BCUT2D eigenvalue weighted by Gasteiger charge is -2.32. The van der Waals surface area contributed by atoms with Crippen LogP contribution in [-0.2, 0) is 4.74 Å². The molecule has 1 saturated heterocycles. The highest BCUT2D eigenvalue weighted by Crippen LogP contribution is 2.51. The fourth-order valence-electron chi connectivity index (χ4n) is 3.24. The Hall–Kier alpha value is -1.89. The summed E-state index contributed by atoms with van der Waals surface area (Å²) in [5.74, 6) is 0.883. The number of hydrogen-bond acceptors (Lipinski definition) is 4. The maximum Gasteiger partial charge on any atom is 0.409 e. The molecule has 0 spiro atoms. The van der Waals surface area contributed by atoms with Crippen molar-refractivity contribution in [3.8, 4) is 0 Å². The second kappa shape index (κ2) is 9.35. The van der Waals surface area contributed by atoms with Crippen LogP contribution in [0.25, 0.3) is 0 Å². The molecule has 0 bridgehead atoms. The number of piperidine rings is 1. The molecule has 1 aromatic rings. The summed E-state index contributed by atoms with van der Waals surface area (Å²) in [7, 11) is 1.43. The monoisotopic (exact) mass is 390 g/mol. The molecule has 0 unspecified atom stereocenters. The van der Waals surface area contributed by atoms with Crippen LogP contribution < -0.4 is 10.6 Å². The summed E-state index contributed by atoms with van der Waals surface area (Å²) in [6, 6.07) is 10.9. The summed E-state index contributed by atoms with van der Waals surface area (Å²) < 4.78 is 5.05. The van der Waals surface area contributed by atoms with E-state index in [0.717, 1.165) is 45.0 Å². The van der Waals surface area contributed by atoms with Gasteiger partial charge < -0.3 is 20.3 Å². The third-order valence-corrected chi connectivity index (χ3v) is 6.50. The van der Waals surface area contributed by atoms with Crippen LogP contribution >= 0.6 is 11.8 Å². The fraction of sp³-hybridized carbons (Fsp3) is 0.600. The Morgan fingerprint density at radius 1 is 1.30 bits per heavy atom. The van der Waals surface area contributed by atoms with E-state index in [2.05, 4.69) is 47.9 Å². The summed E-state index contributed by atoms with van der Waals surface area (Å²) in [6.07, 6.45) is 4.01. The molecule has 1 aliphatic carbocycles. The number of hydrogen-bond donors (Lipinski definition) is 2. The van der Waals surface area contributed by atoms with Gasteiger partial charge >= 0.3 is 6.09 Å². The van der Waals surface area contributed by atoms with Crippen molar-refractivity contribution in [2.75, 3.05) is 33.3 Å². The Morgan fingerprint density at radius 3 is 2.59 bits per heavy atom. The molecule has 2 N–H and O–H groups in total. The molecule has 6 nitrogen and oxygen atoms in total. The Kier molecular flexibility index (Phi) is 6.88. The van der Waals surface area contributed by atoms with Gasteiger partial charge in [-0.15, -0.1) is 11.8 Å². The molecule has 1 heterocycles. The van der Waals surface area contributed by atoms with Crippen molar-refractivity contribution < 1.29 is 9.53 Å². The van der Waals surface area contributed by atoms with Crippen molar-refractivity contribution in [1.29, 1.82) is 0 Å². The predicted octanol–water partition coefficient (Wildman–Crippen LogP) is 3.10. The van der Waals surface area contributed by atoms with Gasteiger partial charge in [-0.3, -0.25) is 4.99 Å². The minimum atomic E-state index is -0.234. The number of nitrogens with one attached hydrogen (secondary N) is 2. The number of nitrogens with zero attached hydrogens (tertiary/aromatic N) is 2. The van der Waals surface area contributed by atoms with Crippen LogP contribution in [0.3, 0.4) is 0 Å². The summed E-state index contributed by atoms with van der Waals surface area (Å²) in [4.78, 5) is 19.6. The van der Waals surface area contributed by atoms with Crippen LogP contribution in [0.4, 0.5) is 4.79 Å². The van der Waals surface area contributed by atoms with Gasteiger partial charge in [0.05, 0.1) is 13.7 Å². The topological polar surface area (TPSA) is 66.0 Å². The van der Waals surface area contributed by atoms with Gasteiger partial charge in [-0.1, -0.05) is 18.2 Å².